The van der Waals surface area contributed by atoms with Gasteiger partial charge in [-0.2, -0.15) is 0 Å². The molecule has 0 aliphatic carbocycles. The minimum absolute atomic E-state index is 0.625. The molecular formula is C14H22N4. The fraction of sp³-hybridized carbons (Fsp3) is 0.714. The molecule has 0 saturated carbocycles. The lowest BCUT2D eigenvalue weighted by Gasteiger charge is -2.28. The fourth-order valence-corrected chi connectivity index (χ4v) is 3.59. The fourth-order valence-electron chi connectivity index (χ4n) is 3.59. The Morgan fingerprint density at radius 3 is 3.00 bits per heavy atom. The summed E-state index contributed by atoms with van der Waals surface area (Å²) >= 11 is 0. The van der Waals surface area contributed by atoms with Crippen LogP contribution >= 0.6 is 0 Å². The summed E-state index contributed by atoms with van der Waals surface area (Å²) in [5.41, 5.74) is 2.08. The van der Waals surface area contributed by atoms with Gasteiger partial charge in [-0.05, 0) is 32.1 Å². The predicted molar refractivity (Wildman–Crippen MR) is 72.8 cm³/mol. The standard InChI is InChI=1S/C14H22N4/c1-4-13-12-7-15-6-11(12)8-18(13)14-10(3)16-5-9(2)17-14/h5,11-13,15H,4,6-8H2,1-3H3. The van der Waals surface area contributed by atoms with Gasteiger partial charge in [-0.15, -0.1) is 0 Å². The first-order valence-corrected chi connectivity index (χ1v) is 6.98. The lowest BCUT2D eigenvalue weighted by molar-refractivity contribution is 0.441. The van der Waals surface area contributed by atoms with E-state index in [2.05, 4.69) is 29.0 Å². The van der Waals surface area contributed by atoms with Crippen LogP contribution in [0.4, 0.5) is 5.82 Å². The van der Waals surface area contributed by atoms with Crippen LogP contribution in [0.25, 0.3) is 0 Å². The van der Waals surface area contributed by atoms with Crippen molar-refractivity contribution < 1.29 is 0 Å². The Bertz CT molecular complexity index is 445. The van der Waals surface area contributed by atoms with Gasteiger partial charge in [0.15, 0.2) is 5.82 Å². The first-order valence-electron chi connectivity index (χ1n) is 6.98. The van der Waals surface area contributed by atoms with Crippen molar-refractivity contribution in [2.24, 2.45) is 11.8 Å². The SMILES string of the molecule is CCC1C2CNCC2CN1c1nc(C)cnc1C. The van der Waals surface area contributed by atoms with Crippen molar-refractivity contribution in [2.75, 3.05) is 24.5 Å². The Morgan fingerprint density at radius 1 is 1.39 bits per heavy atom. The zero-order valence-electron chi connectivity index (χ0n) is 11.5. The van der Waals surface area contributed by atoms with E-state index in [1.165, 1.54) is 6.42 Å². The van der Waals surface area contributed by atoms with E-state index in [0.29, 0.717) is 6.04 Å². The van der Waals surface area contributed by atoms with Crippen LogP contribution in [0.2, 0.25) is 0 Å². The van der Waals surface area contributed by atoms with Crippen molar-refractivity contribution in [3.8, 4) is 0 Å². The summed E-state index contributed by atoms with van der Waals surface area (Å²) in [4.78, 5) is 11.7. The number of hydrogen-bond donors (Lipinski definition) is 1. The number of anilines is 1. The van der Waals surface area contributed by atoms with Gasteiger partial charge in [-0.3, -0.25) is 4.98 Å². The second kappa shape index (κ2) is 4.50. The highest BCUT2D eigenvalue weighted by Gasteiger charge is 2.44. The smallest absolute Gasteiger partial charge is 0.150 e. The van der Waals surface area contributed by atoms with E-state index in [1.54, 1.807) is 0 Å². The van der Waals surface area contributed by atoms with Crippen LogP contribution in [0.3, 0.4) is 0 Å². The third-order valence-electron chi connectivity index (χ3n) is 4.46. The number of nitrogens with zero attached hydrogens (tertiary/aromatic N) is 3. The van der Waals surface area contributed by atoms with Crippen molar-refractivity contribution in [3.05, 3.63) is 17.6 Å². The van der Waals surface area contributed by atoms with Gasteiger partial charge < -0.3 is 10.2 Å². The Balaban J connectivity index is 1.94. The Hall–Kier alpha value is -1.16. The lowest BCUT2D eigenvalue weighted by atomic mass is 9.93. The second-order valence-electron chi connectivity index (χ2n) is 5.63. The van der Waals surface area contributed by atoms with Crippen molar-refractivity contribution >= 4 is 5.82 Å². The average Bonchev–Trinajstić information content (AvgIpc) is 2.91. The molecule has 3 heterocycles. The average molecular weight is 246 g/mol. The van der Waals surface area contributed by atoms with Gasteiger partial charge in [0.2, 0.25) is 0 Å². The molecule has 0 radical (unpaired) electrons. The number of aryl methyl sites for hydroxylation is 2. The van der Waals surface area contributed by atoms with E-state index in [9.17, 15) is 0 Å². The summed E-state index contributed by atoms with van der Waals surface area (Å²) in [6.07, 6.45) is 3.05. The molecule has 2 aliphatic rings. The van der Waals surface area contributed by atoms with Crippen LogP contribution in [-0.4, -0.2) is 35.6 Å². The summed E-state index contributed by atoms with van der Waals surface area (Å²) in [6, 6.07) is 0.625. The van der Waals surface area contributed by atoms with Crippen LogP contribution in [-0.2, 0) is 0 Å². The Morgan fingerprint density at radius 2 is 2.22 bits per heavy atom. The molecule has 2 aliphatic heterocycles. The molecule has 4 heteroatoms. The maximum Gasteiger partial charge on any atom is 0.150 e. The molecule has 3 atom stereocenters. The van der Waals surface area contributed by atoms with Gasteiger partial charge in [0.25, 0.3) is 0 Å². The van der Waals surface area contributed by atoms with E-state index < -0.39 is 0 Å². The molecule has 3 rings (SSSR count). The van der Waals surface area contributed by atoms with E-state index in [4.69, 9.17) is 4.98 Å². The zero-order chi connectivity index (χ0) is 12.7. The third kappa shape index (κ3) is 1.79. The van der Waals surface area contributed by atoms with E-state index in [-0.39, 0.29) is 0 Å². The number of nitrogens with one attached hydrogen (secondary N) is 1. The number of fused-ring (bicyclic) bond motifs is 1. The molecule has 2 saturated heterocycles. The molecule has 1 aromatic rings. The second-order valence-corrected chi connectivity index (χ2v) is 5.63. The Kier molecular flexibility index (Phi) is 2.98. The first kappa shape index (κ1) is 11.9. The van der Waals surface area contributed by atoms with Crippen molar-refractivity contribution in [1.29, 1.82) is 0 Å². The largest absolute Gasteiger partial charge is 0.351 e. The molecular weight excluding hydrogens is 224 g/mol. The van der Waals surface area contributed by atoms with Gasteiger partial charge in [0, 0.05) is 31.9 Å². The van der Waals surface area contributed by atoms with Crippen LogP contribution in [0.15, 0.2) is 6.20 Å². The van der Waals surface area contributed by atoms with Crippen molar-refractivity contribution in [2.45, 2.75) is 33.2 Å². The molecule has 1 aromatic heterocycles. The van der Waals surface area contributed by atoms with Crippen LogP contribution in [0.5, 0.6) is 0 Å². The normalized spacial score (nSPS) is 30.8. The summed E-state index contributed by atoms with van der Waals surface area (Å²) in [5, 5.41) is 3.52. The number of aromatic nitrogens is 2. The van der Waals surface area contributed by atoms with Gasteiger partial charge in [-0.25, -0.2) is 4.98 Å². The Labute approximate surface area is 109 Å². The third-order valence-corrected chi connectivity index (χ3v) is 4.46. The van der Waals surface area contributed by atoms with Crippen molar-refractivity contribution in [3.63, 3.8) is 0 Å². The van der Waals surface area contributed by atoms with Gasteiger partial charge in [-0.1, -0.05) is 6.92 Å². The lowest BCUT2D eigenvalue weighted by Crippen LogP contribution is -2.36. The maximum atomic E-state index is 4.72. The molecule has 0 aromatic carbocycles. The molecule has 18 heavy (non-hydrogen) atoms. The maximum absolute atomic E-state index is 4.72. The van der Waals surface area contributed by atoms with Gasteiger partial charge in [0.1, 0.15) is 0 Å². The summed E-state index contributed by atoms with van der Waals surface area (Å²) in [6.45, 7) is 9.84. The van der Waals surface area contributed by atoms with Crippen LogP contribution < -0.4 is 10.2 Å². The van der Waals surface area contributed by atoms with Crippen LogP contribution in [0.1, 0.15) is 24.7 Å². The molecule has 3 unspecified atom stereocenters. The number of hydrogen-bond acceptors (Lipinski definition) is 4. The van der Waals surface area contributed by atoms with E-state index in [1.807, 2.05) is 13.1 Å². The first-order chi connectivity index (χ1) is 8.70. The predicted octanol–water partition coefficient (Wildman–Crippen LogP) is 1.53. The molecule has 0 spiro atoms. The highest BCUT2D eigenvalue weighted by Crippen LogP contribution is 2.37. The quantitative estimate of drug-likeness (QED) is 0.859. The zero-order valence-corrected chi connectivity index (χ0v) is 11.5. The molecule has 4 nitrogen and oxygen atoms in total. The molecule has 1 N–H and O–H groups in total. The monoisotopic (exact) mass is 246 g/mol. The molecule has 0 bridgehead atoms. The summed E-state index contributed by atoms with van der Waals surface area (Å²) in [5.74, 6) is 2.68. The highest BCUT2D eigenvalue weighted by atomic mass is 15.3. The topological polar surface area (TPSA) is 41.0 Å². The van der Waals surface area contributed by atoms with Crippen LogP contribution in [0, 0.1) is 25.7 Å². The minimum Gasteiger partial charge on any atom is -0.351 e. The molecule has 98 valence electrons. The summed E-state index contributed by atoms with van der Waals surface area (Å²) < 4.78 is 0. The molecule has 2 fully saturated rings. The number of rotatable bonds is 2. The van der Waals surface area contributed by atoms with Gasteiger partial charge >= 0.3 is 0 Å². The van der Waals surface area contributed by atoms with Crippen molar-refractivity contribution in [1.82, 2.24) is 15.3 Å². The summed E-state index contributed by atoms with van der Waals surface area (Å²) in [7, 11) is 0. The van der Waals surface area contributed by atoms with E-state index >= 15 is 0 Å². The minimum atomic E-state index is 0.625. The molecule has 0 amide bonds. The highest BCUT2D eigenvalue weighted by molar-refractivity contribution is 5.46. The van der Waals surface area contributed by atoms with Gasteiger partial charge in [0.05, 0.1) is 11.4 Å². The van der Waals surface area contributed by atoms with E-state index in [0.717, 1.165) is 48.7 Å².